The summed E-state index contributed by atoms with van der Waals surface area (Å²) in [5, 5.41) is 88.3. The lowest BCUT2D eigenvalue weighted by Gasteiger charge is -2.50. The maximum absolute atomic E-state index is 13.8. The minimum Gasteiger partial charge on any atom is -0.479 e. The zero-order valence-electron chi connectivity index (χ0n) is 44.4. The van der Waals surface area contributed by atoms with Gasteiger partial charge in [-0.25, -0.2) is 9.59 Å². The van der Waals surface area contributed by atoms with Gasteiger partial charge in [0.2, 0.25) is 0 Å². The summed E-state index contributed by atoms with van der Waals surface area (Å²) in [7, 11) is 6.43. The summed E-state index contributed by atoms with van der Waals surface area (Å²) < 4.78 is 54.7. The van der Waals surface area contributed by atoms with Gasteiger partial charge in [-0.3, -0.25) is 9.59 Å². The Labute approximate surface area is 432 Å². The lowest BCUT2D eigenvalue weighted by Crippen LogP contribution is -2.65. The van der Waals surface area contributed by atoms with Gasteiger partial charge in [-0.15, -0.1) is 0 Å². The zero-order valence-corrected chi connectivity index (χ0v) is 44.4. The summed E-state index contributed by atoms with van der Waals surface area (Å²) in [6.45, 7) is 13.6. The predicted molar refractivity (Wildman–Crippen MR) is 258 cm³/mol. The number of cyclic esters (lactones) is 1. The summed E-state index contributed by atoms with van der Waals surface area (Å²) in [5.41, 5.74) is -0.806. The topological polar surface area (TPSA) is 354 Å². The van der Waals surface area contributed by atoms with Crippen molar-refractivity contribution >= 4 is 30.0 Å². The number of hydrogen-bond donors (Lipinski definition) is 9. The summed E-state index contributed by atoms with van der Waals surface area (Å²) in [5.74, 6) is -7.13. The summed E-state index contributed by atoms with van der Waals surface area (Å²) in [6.07, 6.45) is -13.0. The number of carboxylic acid groups (broad SMARTS) is 2. The highest BCUT2D eigenvalue weighted by atomic mass is 16.7. The first-order valence-electron chi connectivity index (χ1n) is 25.0. The van der Waals surface area contributed by atoms with Gasteiger partial charge in [0.1, 0.15) is 49.0 Å². The number of aliphatic hydroxyl groups excluding tert-OH is 6. The number of aliphatic hydroxyl groups is 7. The molecule has 4 heterocycles. The van der Waals surface area contributed by atoms with Crippen molar-refractivity contribution in [2.45, 2.75) is 203 Å². The van der Waals surface area contributed by atoms with Crippen LogP contribution in [0.3, 0.4) is 0 Å². The van der Waals surface area contributed by atoms with Gasteiger partial charge in [-0.1, -0.05) is 38.5 Å². The number of hydrogen-bond acceptors (Lipinski definition) is 22. The van der Waals surface area contributed by atoms with E-state index in [9.17, 15) is 49.5 Å². The molecular weight excluding hydrogens is 983 g/mol. The number of methoxy groups -OCH3 is 2. The van der Waals surface area contributed by atoms with Gasteiger partial charge >= 0.3 is 17.9 Å². The fraction of sp³-hybridized carbons (Fsp3) is 0.820. The normalized spacial score (nSPS) is 41.9. The number of carboxylic acids is 2. The van der Waals surface area contributed by atoms with Gasteiger partial charge in [0, 0.05) is 44.8 Å². The van der Waals surface area contributed by atoms with E-state index < -0.39 is 164 Å². The number of allylic oxidation sites excluding steroid dienone is 3. The monoisotopic (exact) mass is 1070 g/mol. The molecule has 4 aliphatic heterocycles. The standard InChI is InChI=1S/C46H77NO17.C4H6O6/c1-13-33-30(22-58-45-42(57-12)41(56-11)37(52)26(5)60-45)18-23(2)14-15-31(49)24(3)19-29(16-17-48)39(25(4)32(50)20-34(51)62-33)64-44-38(53)36(47(9)10)40(27(6)61-44)63-35-21-46(8,55)43(54)28(7)59-35;5-1(3(7)8)2(6)4(9)10/h14-15,17-18,24-30,32-33,35-45,50,52-55H,13,16,19-22H2,1-12H3;1-2,5-6H,(H,7,8)(H,9,10)/b15-14+,23-18+;/t24-,25-,26+,27-,28+,29+,30-,32-,33-,35+,36-,37+,38-,39-,40-,41+,42+,43+,44+,45+,46-;/m1./s1. The van der Waals surface area contributed by atoms with Crippen LogP contribution in [0.4, 0.5) is 0 Å². The van der Waals surface area contributed by atoms with Crippen molar-refractivity contribution in [2.75, 3.05) is 34.9 Å². The van der Waals surface area contributed by atoms with E-state index in [1.807, 2.05) is 19.9 Å². The Morgan fingerprint density at radius 2 is 1.43 bits per heavy atom. The largest absolute Gasteiger partial charge is 0.479 e. The molecule has 4 aliphatic rings. The number of ether oxygens (including phenoxy) is 9. The zero-order chi connectivity index (χ0) is 56.1. The van der Waals surface area contributed by atoms with Crippen LogP contribution >= 0.6 is 0 Å². The lowest BCUT2D eigenvalue weighted by atomic mass is 9.79. The molecule has 2 unspecified atom stereocenters. The van der Waals surface area contributed by atoms with Gasteiger partial charge in [-0.2, -0.15) is 0 Å². The van der Waals surface area contributed by atoms with E-state index in [0.717, 1.165) is 6.29 Å². The van der Waals surface area contributed by atoms with Gasteiger partial charge in [0.25, 0.3) is 0 Å². The number of nitrogens with zero attached hydrogens (tertiary/aromatic N) is 1. The Bertz CT molecular complexity index is 1850. The van der Waals surface area contributed by atoms with Crippen molar-refractivity contribution in [3.63, 3.8) is 0 Å². The van der Waals surface area contributed by atoms with Crippen LogP contribution in [-0.4, -0.2) is 232 Å². The highest BCUT2D eigenvalue weighted by molar-refractivity contribution is 5.91. The second kappa shape index (κ2) is 29.4. The second-order valence-electron chi connectivity index (χ2n) is 20.3. The number of ketones is 1. The highest BCUT2D eigenvalue weighted by Crippen LogP contribution is 2.37. The molecule has 3 saturated heterocycles. The Balaban J connectivity index is 0.00000130. The van der Waals surface area contributed by atoms with Crippen LogP contribution < -0.4 is 0 Å². The molecule has 3 fully saturated rings. The minimum absolute atomic E-state index is 0.00788. The second-order valence-corrected chi connectivity index (χ2v) is 20.3. The van der Waals surface area contributed by atoms with E-state index in [-0.39, 0.29) is 31.7 Å². The first-order valence-corrected chi connectivity index (χ1v) is 25.0. The van der Waals surface area contributed by atoms with Crippen LogP contribution in [-0.2, 0) is 66.6 Å². The maximum Gasteiger partial charge on any atom is 0.335 e. The molecule has 74 heavy (non-hydrogen) atoms. The Hall–Kier alpha value is -3.41. The third-order valence-electron chi connectivity index (χ3n) is 14.2. The summed E-state index contributed by atoms with van der Waals surface area (Å²) >= 11 is 0. The first-order chi connectivity index (χ1) is 34.5. The average Bonchev–Trinajstić information content (AvgIpc) is 3.33. The van der Waals surface area contributed by atoms with E-state index >= 15 is 0 Å². The van der Waals surface area contributed by atoms with Crippen LogP contribution in [0.25, 0.3) is 0 Å². The van der Waals surface area contributed by atoms with E-state index in [0.29, 0.717) is 12.0 Å². The molecule has 0 radical (unpaired) electrons. The van der Waals surface area contributed by atoms with Crippen LogP contribution in [0.2, 0.25) is 0 Å². The van der Waals surface area contributed by atoms with E-state index in [4.69, 9.17) is 63.1 Å². The molecule has 0 aromatic carbocycles. The molecular formula is C50H83NO23. The van der Waals surface area contributed by atoms with Crippen LogP contribution in [0.15, 0.2) is 23.8 Å². The van der Waals surface area contributed by atoms with Crippen molar-refractivity contribution in [3.05, 3.63) is 23.8 Å². The predicted octanol–water partition coefficient (Wildman–Crippen LogP) is -0.289. The molecule has 0 aromatic heterocycles. The van der Waals surface area contributed by atoms with E-state index in [2.05, 4.69) is 0 Å². The fourth-order valence-corrected chi connectivity index (χ4v) is 9.78. The van der Waals surface area contributed by atoms with Gasteiger partial charge < -0.3 is 98.3 Å². The van der Waals surface area contributed by atoms with Crippen molar-refractivity contribution in [2.24, 2.45) is 23.7 Å². The lowest BCUT2D eigenvalue weighted by molar-refractivity contribution is -0.341. The first kappa shape index (κ1) is 64.9. The molecule has 0 aromatic rings. The van der Waals surface area contributed by atoms with Gasteiger partial charge in [-0.05, 0) is 73.5 Å². The number of carbonyl (C=O) groups is 5. The van der Waals surface area contributed by atoms with Crippen LogP contribution in [0.1, 0.15) is 87.5 Å². The molecule has 0 aliphatic carbocycles. The quantitative estimate of drug-likeness (QED) is 0.0708. The number of likely N-dealkylation sites (N-methyl/N-ethyl adjacent to an activating group) is 1. The summed E-state index contributed by atoms with van der Waals surface area (Å²) in [4.78, 5) is 61.1. The molecule has 0 saturated carbocycles. The average molecular weight is 1070 g/mol. The van der Waals surface area contributed by atoms with Crippen LogP contribution in [0, 0.1) is 23.7 Å². The van der Waals surface area contributed by atoms with Crippen molar-refractivity contribution < 1.29 is 113 Å². The third-order valence-corrected chi connectivity index (χ3v) is 14.2. The Morgan fingerprint density at radius 3 is 1.96 bits per heavy atom. The Morgan fingerprint density at radius 1 is 0.838 bits per heavy atom. The molecule has 0 amide bonds. The number of carbonyl (C=O) groups excluding carboxylic acids is 3. The SMILES string of the molecule is CC[C@H]1OC(=O)C[C@@H](O)[C@@H](C)[C@@H](O[C@@H]2O[C@H](C)[C@@H](O[C@H]3C[C@@](C)(O)[C@@H](O)[C@H](C)O3)[C@H](N(C)C)[C@H]2O)[C@@H](CC=O)C[C@@H](C)C(=O)/C=C/C(C)=C/[C@@H]1CO[C@H]1O[C@@H](C)[C@H](O)[C@H](OC)[C@@H]1OC.O=C(O)C(O)C(O)C(=O)O. The summed E-state index contributed by atoms with van der Waals surface area (Å²) in [6, 6.07) is -0.748. The van der Waals surface area contributed by atoms with Crippen molar-refractivity contribution in [1.29, 1.82) is 0 Å². The molecule has 23 atom stereocenters. The minimum atomic E-state index is -2.27. The van der Waals surface area contributed by atoms with E-state index in [1.165, 1.54) is 27.2 Å². The molecule has 24 nitrogen and oxygen atoms in total. The Kier molecular flexibility index (Phi) is 25.7. The maximum atomic E-state index is 13.8. The fourth-order valence-electron chi connectivity index (χ4n) is 9.78. The van der Waals surface area contributed by atoms with Crippen molar-refractivity contribution in [1.82, 2.24) is 4.90 Å². The molecule has 9 N–H and O–H groups in total. The molecule has 0 bridgehead atoms. The number of aliphatic carboxylic acids is 2. The number of aldehydes is 1. The molecule has 0 spiro atoms. The van der Waals surface area contributed by atoms with E-state index in [1.54, 1.807) is 59.7 Å². The molecule has 24 heteroatoms. The highest BCUT2D eigenvalue weighted by Gasteiger charge is 2.52. The van der Waals surface area contributed by atoms with Crippen molar-refractivity contribution in [3.8, 4) is 0 Å². The molecule has 4 rings (SSSR count). The molecule has 426 valence electrons. The van der Waals surface area contributed by atoms with Gasteiger partial charge in [0.15, 0.2) is 36.9 Å². The number of esters is 1. The van der Waals surface area contributed by atoms with Crippen LogP contribution in [0.5, 0.6) is 0 Å². The third kappa shape index (κ3) is 17.3. The number of rotatable bonds is 16. The van der Waals surface area contributed by atoms with Gasteiger partial charge in [0.05, 0.1) is 55.2 Å². The smallest absolute Gasteiger partial charge is 0.335 e.